The molecule has 0 aliphatic heterocycles. The summed E-state index contributed by atoms with van der Waals surface area (Å²) in [4.78, 5) is 26.6. The molecule has 0 N–H and O–H groups in total. The predicted octanol–water partition coefficient (Wildman–Crippen LogP) is 2.80. The van der Waals surface area contributed by atoms with Crippen molar-refractivity contribution in [2.45, 2.75) is 13.0 Å². The van der Waals surface area contributed by atoms with Gasteiger partial charge in [-0.15, -0.1) is 0 Å². The number of hydrogen-bond acceptors (Lipinski definition) is 4. The van der Waals surface area contributed by atoms with Crippen molar-refractivity contribution in [3.05, 3.63) is 69.1 Å². The molecule has 1 aromatic heterocycles. The van der Waals surface area contributed by atoms with E-state index in [2.05, 4.69) is 5.10 Å². The van der Waals surface area contributed by atoms with Crippen molar-refractivity contribution in [3.63, 3.8) is 0 Å². The van der Waals surface area contributed by atoms with Gasteiger partial charge in [0, 0.05) is 36.6 Å². The summed E-state index contributed by atoms with van der Waals surface area (Å²) >= 11 is 6.06. The molecule has 1 amide bonds. The highest BCUT2D eigenvalue weighted by atomic mass is 35.5. The van der Waals surface area contributed by atoms with Gasteiger partial charge in [-0.25, -0.2) is 4.68 Å². The molecule has 0 aliphatic carbocycles. The van der Waals surface area contributed by atoms with Gasteiger partial charge in [-0.2, -0.15) is 5.10 Å². The Kier molecular flexibility index (Phi) is 5.46. The number of halogens is 1. The average molecular weight is 386 g/mol. The Labute approximate surface area is 161 Å². The van der Waals surface area contributed by atoms with Crippen LogP contribution in [0.3, 0.4) is 0 Å². The molecule has 2 aromatic carbocycles. The largest absolute Gasteiger partial charge is 0.496 e. The number of rotatable bonds is 5. The molecule has 0 atom stereocenters. The zero-order valence-electron chi connectivity index (χ0n) is 15.4. The van der Waals surface area contributed by atoms with Crippen LogP contribution in [-0.2, 0) is 24.8 Å². The molecule has 0 bridgehead atoms. The van der Waals surface area contributed by atoms with Crippen LogP contribution in [0.5, 0.6) is 5.75 Å². The average Bonchev–Trinajstić information content (AvgIpc) is 2.66. The van der Waals surface area contributed by atoms with Gasteiger partial charge in [0.15, 0.2) is 0 Å². The van der Waals surface area contributed by atoms with Crippen LogP contribution < -0.4 is 10.3 Å². The van der Waals surface area contributed by atoms with Crippen molar-refractivity contribution in [2.75, 3.05) is 14.2 Å². The van der Waals surface area contributed by atoms with Crippen LogP contribution in [-0.4, -0.2) is 34.7 Å². The number of nitrogens with zero attached hydrogens (tertiary/aromatic N) is 3. The SMILES string of the molecule is COc1ccc(Cl)cc1CN(C)C(=O)Cc1nn(C)c(=O)c2ccccc12. The van der Waals surface area contributed by atoms with Gasteiger partial charge < -0.3 is 9.64 Å². The Balaban J connectivity index is 1.86. The Morgan fingerprint density at radius 2 is 1.93 bits per heavy atom. The summed E-state index contributed by atoms with van der Waals surface area (Å²) in [5.41, 5.74) is 1.21. The van der Waals surface area contributed by atoms with Crippen molar-refractivity contribution >= 4 is 28.3 Å². The number of aryl methyl sites for hydroxylation is 1. The minimum absolute atomic E-state index is 0.0913. The van der Waals surface area contributed by atoms with Gasteiger partial charge in [0.25, 0.3) is 5.56 Å². The van der Waals surface area contributed by atoms with Crippen LogP contribution in [0.1, 0.15) is 11.3 Å². The van der Waals surface area contributed by atoms with Gasteiger partial charge in [-0.1, -0.05) is 29.8 Å². The summed E-state index contributed by atoms with van der Waals surface area (Å²) in [6, 6.07) is 12.5. The quantitative estimate of drug-likeness (QED) is 0.677. The van der Waals surface area contributed by atoms with E-state index in [4.69, 9.17) is 16.3 Å². The minimum atomic E-state index is -0.182. The molecule has 3 rings (SSSR count). The molecule has 140 valence electrons. The standard InChI is InChI=1S/C20H20ClN3O3/c1-23(12-13-10-14(21)8-9-18(13)27-3)19(25)11-17-15-6-4-5-7-16(15)20(26)24(2)22-17/h4-10H,11-12H2,1-3H3. The summed E-state index contributed by atoms with van der Waals surface area (Å²) < 4.78 is 6.61. The van der Waals surface area contributed by atoms with Crippen LogP contribution in [0.2, 0.25) is 5.02 Å². The molecule has 3 aromatic rings. The van der Waals surface area contributed by atoms with Crippen molar-refractivity contribution in [1.82, 2.24) is 14.7 Å². The first-order valence-corrected chi connectivity index (χ1v) is 8.80. The number of ether oxygens (including phenoxy) is 1. The van der Waals surface area contributed by atoms with E-state index in [0.29, 0.717) is 33.8 Å². The van der Waals surface area contributed by atoms with Crippen LogP contribution in [0.4, 0.5) is 0 Å². The van der Waals surface area contributed by atoms with Gasteiger partial charge in [0.05, 0.1) is 24.6 Å². The lowest BCUT2D eigenvalue weighted by atomic mass is 10.1. The molecular formula is C20H20ClN3O3. The Morgan fingerprint density at radius 3 is 2.63 bits per heavy atom. The number of carbonyl (C=O) groups is 1. The Bertz CT molecular complexity index is 1060. The second-order valence-electron chi connectivity index (χ2n) is 6.30. The van der Waals surface area contributed by atoms with Crippen LogP contribution >= 0.6 is 11.6 Å². The zero-order chi connectivity index (χ0) is 19.6. The van der Waals surface area contributed by atoms with E-state index >= 15 is 0 Å². The van der Waals surface area contributed by atoms with Gasteiger partial charge in [0.2, 0.25) is 5.91 Å². The Morgan fingerprint density at radius 1 is 1.22 bits per heavy atom. The number of aromatic nitrogens is 2. The normalized spacial score (nSPS) is 10.8. The third-order valence-electron chi connectivity index (χ3n) is 4.43. The third-order valence-corrected chi connectivity index (χ3v) is 4.66. The summed E-state index contributed by atoms with van der Waals surface area (Å²) in [6.45, 7) is 0.353. The lowest BCUT2D eigenvalue weighted by Crippen LogP contribution is -2.30. The number of benzene rings is 2. The number of methoxy groups -OCH3 is 1. The van der Waals surface area contributed by atoms with Gasteiger partial charge in [-0.05, 0) is 24.3 Å². The summed E-state index contributed by atoms with van der Waals surface area (Å²) in [6.07, 6.45) is 0.0913. The maximum Gasteiger partial charge on any atom is 0.274 e. The molecular weight excluding hydrogens is 366 g/mol. The fourth-order valence-corrected chi connectivity index (χ4v) is 3.19. The lowest BCUT2D eigenvalue weighted by Gasteiger charge is -2.19. The topological polar surface area (TPSA) is 64.4 Å². The van der Waals surface area contributed by atoms with E-state index in [-0.39, 0.29) is 17.9 Å². The first-order chi connectivity index (χ1) is 12.9. The molecule has 0 saturated carbocycles. The molecule has 0 unspecified atom stereocenters. The summed E-state index contributed by atoms with van der Waals surface area (Å²) in [5.74, 6) is 0.554. The van der Waals surface area contributed by atoms with Crippen LogP contribution in [0.15, 0.2) is 47.3 Å². The summed E-state index contributed by atoms with van der Waals surface area (Å²) in [5, 5.41) is 6.12. The monoisotopic (exact) mass is 385 g/mol. The van der Waals surface area contributed by atoms with E-state index in [1.807, 2.05) is 12.1 Å². The third kappa shape index (κ3) is 3.95. The zero-order valence-corrected chi connectivity index (χ0v) is 16.2. The molecule has 7 heteroatoms. The van der Waals surface area contributed by atoms with Crippen molar-refractivity contribution in [1.29, 1.82) is 0 Å². The number of amides is 1. The second kappa shape index (κ2) is 7.80. The van der Waals surface area contributed by atoms with E-state index in [9.17, 15) is 9.59 Å². The molecule has 0 radical (unpaired) electrons. The first-order valence-electron chi connectivity index (χ1n) is 8.42. The highest BCUT2D eigenvalue weighted by molar-refractivity contribution is 6.30. The highest BCUT2D eigenvalue weighted by Crippen LogP contribution is 2.24. The van der Waals surface area contributed by atoms with E-state index < -0.39 is 0 Å². The van der Waals surface area contributed by atoms with Crippen molar-refractivity contribution < 1.29 is 9.53 Å². The van der Waals surface area contributed by atoms with E-state index in [1.54, 1.807) is 56.4 Å². The predicted molar refractivity (Wildman–Crippen MR) is 105 cm³/mol. The van der Waals surface area contributed by atoms with Crippen LogP contribution in [0.25, 0.3) is 10.8 Å². The Hall–Kier alpha value is -2.86. The molecule has 1 heterocycles. The highest BCUT2D eigenvalue weighted by Gasteiger charge is 2.17. The van der Waals surface area contributed by atoms with Crippen molar-refractivity contribution in [3.8, 4) is 5.75 Å². The maximum absolute atomic E-state index is 12.8. The number of likely N-dealkylation sites (N-methyl/N-ethyl adjacent to an activating group) is 1. The fourth-order valence-electron chi connectivity index (χ4n) is 3.00. The molecule has 0 spiro atoms. The first kappa shape index (κ1) is 18.9. The van der Waals surface area contributed by atoms with E-state index in [0.717, 1.165) is 5.56 Å². The number of carbonyl (C=O) groups excluding carboxylic acids is 1. The van der Waals surface area contributed by atoms with Crippen molar-refractivity contribution in [2.24, 2.45) is 7.05 Å². The van der Waals surface area contributed by atoms with Gasteiger partial charge in [0.1, 0.15) is 5.75 Å². The fraction of sp³-hybridized carbons (Fsp3) is 0.250. The molecule has 0 saturated heterocycles. The molecule has 27 heavy (non-hydrogen) atoms. The molecule has 0 aliphatic rings. The van der Waals surface area contributed by atoms with Gasteiger partial charge >= 0.3 is 0 Å². The van der Waals surface area contributed by atoms with Gasteiger partial charge in [-0.3, -0.25) is 9.59 Å². The minimum Gasteiger partial charge on any atom is -0.496 e. The summed E-state index contributed by atoms with van der Waals surface area (Å²) in [7, 11) is 4.88. The molecule has 0 fully saturated rings. The number of fused-ring (bicyclic) bond motifs is 1. The smallest absolute Gasteiger partial charge is 0.274 e. The number of hydrogen-bond donors (Lipinski definition) is 0. The van der Waals surface area contributed by atoms with E-state index in [1.165, 1.54) is 4.68 Å². The second-order valence-corrected chi connectivity index (χ2v) is 6.74. The lowest BCUT2D eigenvalue weighted by molar-refractivity contribution is -0.129. The molecule has 6 nitrogen and oxygen atoms in total. The van der Waals surface area contributed by atoms with Crippen LogP contribution in [0, 0.1) is 0 Å². The maximum atomic E-state index is 12.8.